The topological polar surface area (TPSA) is 118 Å². The quantitative estimate of drug-likeness (QED) is 0.129. The van der Waals surface area contributed by atoms with Crippen molar-refractivity contribution in [3.8, 4) is 0 Å². The van der Waals surface area contributed by atoms with Crippen molar-refractivity contribution in [1.82, 2.24) is 10.0 Å². The molecule has 4 aromatic rings. The van der Waals surface area contributed by atoms with E-state index in [-0.39, 0.29) is 21.8 Å². The predicted octanol–water partition coefficient (Wildman–Crippen LogP) is 5.38. The molecule has 0 aromatic heterocycles. The first-order chi connectivity index (χ1) is 20.8. The van der Waals surface area contributed by atoms with Crippen molar-refractivity contribution >= 4 is 40.8 Å². The standard InChI is InChI=1S/C33H22ClN3O6/c34-25-15-6-5-14-24(25)31(39)35(17-26(38)18-8-7-9-19(16-18)37(42)43)36-32(40)29-27-20-10-1-2-11-21(20)28(30(29)33(36)41)23-13-4-3-12-22(23)27/h1-16,27-30H,17H2/t27?,28?,29-,30-/m1/s1. The molecule has 0 N–H and O–H groups in total. The highest BCUT2D eigenvalue weighted by molar-refractivity contribution is 6.34. The Labute approximate surface area is 250 Å². The van der Waals surface area contributed by atoms with Crippen LogP contribution in [0.25, 0.3) is 0 Å². The van der Waals surface area contributed by atoms with Crippen LogP contribution in [0.1, 0.15) is 54.8 Å². The number of non-ortho nitro benzene ring substituents is 1. The van der Waals surface area contributed by atoms with Gasteiger partial charge in [0.05, 0.1) is 27.3 Å². The van der Waals surface area contributed by atoms with Gasteiger partial charge in [-0.05, 0) is 34.4 Å². The van der Waals surface area contributed by atoms with E-state index in [1.54, 1.807) is 12.1 Å². The normalized spacial score (nSPS) is 21.2. The minimum Gasteiger partial charge on any atom is -0.292 e. The molecule has 1 aliphatic heterocycles. The molecule has 0 radical (unpaired) electrons. The third-order valence-electron chi connectivity index (χ3n) is 8.68. The number of hydrogen-bond donors (Lipinski definition) is 0. The van der Waals surface area contributed by atoms with Crippen LogP contribution in [0.4, 0.5) is 5.69 Å². The third-order valence-corrected chi connectivity index (χ3v) is 9.01. The molecule has 0 spiro atoms. The number of benzene rings is 4. The molecule has 3 amide bonds. The molecule has 0 saturated carbocycles. The zero-order valence-corrected chi connectivity index (χ0v) is 23.2. The largest absolute Gasteiger partial charge is 0.292 e. The maximum Gasteiger partial charge on any atom is 0.274 e. The second kappa shape index (κ2) is 9.99. The number of rotatable bonds is 6. The highest BCUT2D eigenvalue weighted by Gasteiger charge is 2.63. The van der Waals surface area contributed by atoms with Crippen molar-refractivity contribution in [3.05, 3.63) is 146 Å². The first kappa shape index (κ1) is 26.7. The van der Waals surface area contributed by atoms with Crippen LogP contribution < -0.4 is 0 Å². The zero-order chi connectivity index (χ0) is 30.0. The van der Waals surface area contributed by atoms with E-state index in [1.165, 1.54) is 30.3 Å². The van der Waals surface area contributed by atoms with Crippen molar-refractivity contribution in [2.45, 2.75) is 11.8 Å². The zero-order valence-electron chi connectivity index (χ0n) is 22.4. The van der Waals surface area contributed by atoms with Gasteiger partial charge < -0.3 is 0 Å². The highest BCUT2D eigenvalue weighted by atomic mass is 35.5. The number of imide groups is 1. The van der Waals surface area contributed by atoms with Crippen LogP contribution in [-0.4, -0.2) is 45.0 Å². The average Bonchev–Trinajstić information content (AvgIpc) is 3.29. The number of hydrazine groups is 1. The molecule has 9 nitrogen and oxygen atoms in total. The van der Waals surface area contributed by atoms with Gasteiger partial charge in [-0.1, -0.05) is 84.4 Å². The lowest BCUT2D eigenvalue weighted by Gasteiger charge is -2.45. The van der Waals surface area contributed by atoms with Crippen molar-refractivity contribution in [2.24, 2.45) is 11.8 Å². The molecule has 0 unspecified atom stereocenters. The molecular formula is C33H22ClN3O6. The molecule has 43 heavy (non-hydrogen) atoms. The Hall–Kier alpha value is -5.15. The van der Waals surface area contributed by atoms with Gasteiger partial charge in [0.2, 0.25) is 0 Å². The van der Waals surface area contributed by atoms with Crippen LogP contribution in [0.5, 0.6) is 0 Å². The van der Waals surface area contributed by atoms with Gasteiger partial charge in [-0.25, -0.2) is 5.01 Å². The summed E-state index contributed by atoms with van der Waals surface area (Å²) in [6.45, 7) is -0.711. The number of carbonyl (C=O) groups is 4. The summed E-state index contributed by atoms with van der Waals surface area (Å²) in [5.74, 6) is -5.04. The van der Waals surface area contributed by atoms with Gasteiger partial charge in [-0.2, -0.15) is 5.01 Å². The summed E-state index contributed by atoms with van der Waals surface area (Å²) < 4.78 is 0. The van der Waals surface area contributed by atoms with Crippen LogP contribution in [0.15, 0.2) is 97.1 Å². The Balaban J connectivity index is 1.33. The maximum atomic E-state index is 14.4. The Morgan fingerprint density at radius 2 is 1.28 bits per heavy atom. The molecule has 1 saturated heterocycles. The second-order valence-electron chi connectivity index (χ2n) is 10.8. The lowest BCUT2D eigenvalue weighted by molar-refractivity contribution is -0.384. The van der Waals surface area contributed by atoms with Crippen molar-refractivity contribution in [1.29, 1.82) is 0 Å². The van der Waals surface area contributed by atoms with Crippen LogP contribution in [0.2, 0.25) is 5.02 Å². The number of ketones is 1. The molecule has 1 heterocycles. The van der Waals surface area contributed by atoms with Gasteiger partial charge in [0.25, 0.3) is 23.4 Å². The van der Waals surface area contributed by atoms with E-state index in [0.29, 0.717) is 0 Å². The van der Waals surface area contributed by atoms with Crippen LogP contribution in [-0.2, 0) is 9.59 Å². The molecular weight excluding hydrogens is 570 g/mol. The summed E-state index contributed by atoms with van der Waals surface area (Å²) in [6.07, 6.45) is 0. The van der Waals surface area contributed by atoms with Gasteiger partial charge in [0.1, 0.15) is 6.54 Å². The summed E-state index contributed by atoms with van der Waals surface area (Å²) in [6, 6.07) is 26.7. The number of nitrogens with zero attached hydrogens (tertiary/aromatic N) is 3. The minimum absolute atomic E-state index is 0.000949. The summed E-state index contributed by atoms with van der Waals surface area (Å²) in [7, 11) is 0. The Bertz CT molecular complexity index is 1770. The SMILES string of the molecule is O=C(CN(C(=O)c1ccccc1Cl)N1C(=O)[C@@H]2C3c4ccccc4C(c4ccccc43)[C@H]2C1=O)c1cccc([N+](=O)[O-])c1. The van der Waals surface area contributed by atoms with E-state index in [0.717, 1.165) is 38.3 Å². The highest BCUT2D eigenvalue weighted by Crippen LogP contribution is 2.61. The number of hydrogen-bond acceptors (Lipinski definition) is 6. The number of nitro benzene ring substituents is 1. The van der Waals surface area contributed by atoms with E-state index in [4.69, 9.17) is 11.6 Å². The predicted molar refractivity (Wildman–Crippen MR) is 155 cm³/mol. The summed E-state index contributed by atoms with van der Waals surface area (Å²) in [4.78, 5) is 67.0. The van der Waals surface area contributed by atoms with E-state index in [2.05, 4.69) is 0 Å². The van der Waals surface area contributed by atoms with Gasteiger partial charge in [0, 0.05) is 29.5 Å². The molecule has 212 valence electrons. The Kier molecular flexibility index (Phi) is 6.21. The van der Waals surface area contributed by atoms with Gasteiger partial charge in [-0.15, -0.1) is 0 Å². The second-order valence-corrected chi connectivity index (χ2v) is 11.2. The average molecular weight is 592 g/mol. The molecule has 4 aromatic carbocycles. The fourth-order valence-electron chi connectivity index (χ4n) is 6.93. The van der Waals surface area contributed by atoms with Gasteiger partial charge in [-0.3, -0.25) is 29.3 Å². The van der Waals surface area contributed by atoms with Gasteiger partial charge >= 0.3 is 0 Å². The summed E-state index contributed by atoms with van der Waals surface area (Å²) >= 11 is 6.36. The molecule has 2 bridgehead atoms. The number of halogens is 1. The molecule has 3 aliphatic carbocycles. The number of carbonyl (C=O) groups excluding carboxylic acids is 4. The van der Waals surface area contributed by atoms with Crippen LogP contribution in [0.3, 0.4) is 0 Å². The van der Waals surface area contributed by atoms with E-state index >= 15 is 0 Å². The fraction of sp³-hybridized carbons (Fsp3) is 0.152. The Morgan fingerprint density at radius 1 is 0.767 bits per heavy atom. The first-order valence-corrected chi connectivity index (χ1v) is 14.0. The van der Waals surface area contributed by atoms with E-state index < -0.39 is 58.6 Å². The lowest BCUT2D eigenvalue weighted by Crippen LogP contribution is -2.52. The third kappa shape index (κ3) is 3.99. The Morgan fingerprint density at radius 3 is 1.79 bits per heavy atom. The molecule has 1 fully saturated rings. The van der Waals surface area contributed by atoms with E-state index in [1.807, 2.05) is 48.5 Å². The molecule has 8 rings (SSSR count). The monoisotopic (exact) mass is 591 g/mol. The van der Waals surface area contributed by atoms with Gasteiger partial charge in [0.15, 0.2) is 5.78 Å². The maximum absolute atomic E-state index is 14.4. The van der Waals surface area contributed by atoms with Crippen molar-refractivity contribution in [3.63, 3.8) is 0 Å². The number of Topliss-reactive ketones (excluding diaryl/α,β-unsaturated/α-hetero) is 1. The molecule has 10 heteroatoms. The number of nitro groups is 1. The first-order valence-electron chi connectivity index (χ1n) is 13.7. The number of amides is 3. The minimum atomic E-state index is -0.813. The van der Waals surface area contributed by atoms with Crippen LogP contribution >= 0.6 is 11.6 Å². The fourth-order valence-corrected chi connectivity index (χ4v) is 7.14. The summed E-state index contributed by atoms with van der Waals surface area (Å²) in [5.41, 5.74) is 3.52. The van der Waals surface area contributed by atoms with E-state index in [9.17, 15) is 29.3 Å². The smallest absolute Gasteiger partial charge is 0.274 e. The molecule has 4 aliphatic rings. The van der Waals surface area contributed by atoms with Crippen molar-refractivity contribution in [2.75, 3.05) is 6.54 Å². The van der Waals surface area contributed by atoms with Crippen LogP contribution in [0, 0.1) is 22.0 Å². The van der Waals surface area contributed by atoms with Crippen molar-refractivity contribution < 1.29 is 24.1 Å². The lowest BCUT2D eigenvalue weighted by atomic mass is 9.55. The molecule has 2 atom stereocenters. The summed E-state index contributed by atoms with van der Waals surface area (Å²) in [5, 5.41) is 13.1.